The fourth-order valence-corrected chi connectivity index (χ4v) is 4.43. The number of carbonyl (C=O) groups is 2. The van der Waals surface area contributed by atoms with Crippen LogP contribution in [0.3, 0.4) is 0 Å². The summed E-state index contributed by atoms with van der Waals surface area (Å²) in [5.74, 6) is 0.492. The number of esters is 1. The number of benzene rings is 1. The normalized spacial score (nSPS) is 16.0. The number of anilines is 1. The number of hydrogen-bond acceptors (Lipinski definition) is 6. The molecule has 1 aliphatic rings. The Bertz CT molecular complexity index is 931. The van der Waals surface area contributed by atoms with Crippen LogP contribution >= 0.6 is 0 Å². The second-order valence-corrected chi connectivity index (χ2v) is 9.11. The highest BCUT2D eigenvalue weighted by Gasteiger charge is 2.32. The highest BCUT2D eigenvalue weighted by atomic mass is 16.5. The van der Waals surface area contributed by atoms with Crippen LogP contribution in [0.15, 0.2) is 24.4 Å². The van der Waals surface area contributed by atoms with Crippen molar-refractivity contribution in [3.8, 4) is 0 Å². The Labute approximate surface area is 178 Å². The van der Waals surface area contributed by atoms with Gasteiger partial charge in [0.1, 0.15) is 0 Å². The lowest BCUT2D eigenvalue weighted by Crippen LogP contribution is -2.43. The van der Waals surface area contributed by atoms with Gasteiger partial charge in [-0.3, -0.25) is 14.6 Å². The Kier molecular flexibility index (Phi) is 6.76. The molecule has 6 heteroatoms. The number of nitrogens with zero attached hydrogens (tertiary/aromatic N) is 2. The van der Waals surface area contributed by atoms with Gasteiger partial charge in [-0.1, -0.05) is 0 Å². The van der Waals surface area contributed by atoms with Gasteiger partial charge in [-0.05, 0) is 82.8 Å². The summed E-state index contributed by atoms with van der Waals surface area (Å²) >= 11 is 0. The van der Waals surface area contributed by atoms with E-state index < -0.39 is 5.41 Å². The molecule has 1 saturated heterocycles. The molecule has 0 aliphatic carbocycles. The number of rotatable bonds is 7. The summed E-state index contributed by atoms with van der Waals surface area (Å²) in [5, 5.41) is 0.849. The van der Waals surface area contributed by atoms with Crippen molar-refractivity contribution in [1.29, 1.82) is 0 Å². The Morgan fingerprint density at radius 2 is 2.00 bits per heavy atom. The van der Waals surface area contributed by atoms with E-state index in [2.05, 4.69) is 9.88 Å². The van der Waals surface area contributed by atoms with Crippen LogP contribution in [-0.2, 0) is 9.53 Å². The number of Topliss-reactive ketones (excluding diaryl/α,β-unsaturated/α-hetero) is 1. The number of hydrogen-bond donors (Lipinski definition) is 1. The molecule has 1 aromatic carbocycles. The van der Waals surface area contributed by atoms with Crippen molar-refractivity contribution in [2.45, 2.75) is 46.5 Å². The third-order valence-electron chi connectivity index (χ3n) is 6.28. The monoisotopic (exact) mass is 411 g/mol. The van der Waals surface area contributed by atoms with Gasteiger partial charge in [-0.2, -0.15) is 0 Å². The molecule has 30 heavy (non-hydrogen) atoms. The minimum absolute atomic E-state index is 0.135. The van der Waals surface area contributed by atoms with Gasteiger partial charge in [0, 0.05) is 35.8 Å². The number of aromatic nitrogens is 1. The lowest BCUT2D eigenvalue weighted by Gasteiger charge is -2.36. The molecule has 0 saturated carbocycles. The Balaban J connectivity index is 1.57. The number of fused-ring (bicyclic) bond motifs is 1. The molecule has 0 atom stereocenters. The summed E-state index contributed by atoms with van der Waals surface area (Å²) in [6, 6.07) is 5.65. The lowest BCUT2D eigenvalue weighted by molar-refractivity contribution is -0.152. The van der Waals surface area contributed by atoms with Crippen molar-refractivity contribution in [3.05, 3.63) is 35.5 Å². The van der Waals surface area contributed by atoms with Crippen molar-refractivity contribution in [3.63, 3.8) is 0 Å². The summed E-state index contributed by atoms with van der Waals surface area (Å²) in [5.41, 5.74) is 8.66. The van der Waals surface area contributed by atoms with E-state index in [1.54, 1.807) is 6.20 Å². The Hall–Kier alpha value is -2.47. The number of nitrogens with two attached hydrogens (primary N) is 1. The quantitative estimate of drug-likeness (QED) is 0.421. The van der Waals surface area contributed by atoms with Crippen LogP contribution in [0, 0.1) is 18.3 Å². The van der Waals surface area contributed by atoms with Crippen LogP contribution in [0.2, 0.25) is 0 Å². The molecule has 0 amide bonds. The summed E-state index contributed by atoms with van der Waals surface area (Å²) in [4.78, 5) is 31.7. The van der Waals surface area contributed by atoms with E-state index in [0.717, 1.165) is 43.3 Å². The van der Waals surface area contributed by atoms with E-state index in [0.29, 0.717) is 35.7 Å². The molecule has 0 bridgehead atoms. The van der Waals surface area contributed by atoms with Crippen molar-refractivity contribution in [2.24, 2.45) is 11.3 Å². The second kappa shape index (κ2) is 9.13. The van der Waals surface area contributed by atoms with E-state index in [-0.39, 0.29) is 11.8 Å². The van der Waals surface area contributed by atoms with Gasteiger partial charge in [-0.15, -0.1) is 0 Å². The van der Waals surface area contributed by atoms with Crippen LogP contribution in [0.5, 0.6) is 0 Å². The summed E-state index contributed by atoms with van der Waals surface area (Å²) in [6.45, 7) is 8.39. The molecular weight excluding hydrogens is 378 g/mol. The van der Waals surface area contributed by atoms with Gasteiger partial charge in [-0.25, -0.2) is 0 Å². The molecule has 162 valence electrons. The molecule has 3 rings (SSSR count). The van der Waals surface area contributed by atoms with E-state index in [1.165, 1.54) is 7.11 Å². The predicted molar refractivity (Wildman–Crippen MR) is 119 cm³/mol. The highest BCUT2D eigenvalue weighted by molar-refractivity contribution is 6.09. The summed E-state index contributed by atoms with van der Waals surface area (Å²) in [6.07, 6.45) is 5.20. The maximum absolute atomic E-state index is 13.0. The fraction of sp³-hybridized carbons (Fsp3) is 0.542. The standard InChI is InChI=1S/C24H33N3O3/c1-16-14-19(22-18(21(16)25)6-5-11-26-22)20(28)8-7-17-9-12-27(13-10-17)15-24(2,3)23(29)30-4/h5-6,11,14,17H,7-10,12-13,15,25H2,1-4H3. The molecule has 1 aromatic heterocycles. The number of ether oxygens (including phenoxy) is 1. The van der Waals surface area contributed by atoms with Crippen molar-refractivity contribution in [2.75, 3.05) is 32.5 Å². The Morgan fingerprint density at radius 1 is 1.30 bits per heavy atom. The number of ketones is 1. The lowest BCUT2D eigenvalue weighted by atomic mass is 9.87. The first-order chi connectivity index (χ1) is 14.2. The maximum atomic E-state index is 13.0. The molecule has 6 nitrogen and oxygen atoms in total. The number of likely N-dealkylation sites (tertiary alicyclic amines) is 1. The molecule has 2 heterocycles. The van der Waals surface area contributed by atoms with Crippen LogP contribution in [-0.4, -0.2) is 48.4 Å². The van der Waals surface area contributed by atoms with E-state index in [1.807, 2.05) is 39.0 Å². The van der Waals surface area contributed by atoms with E-state index in [9.17, 15) is 9.59 Å². The maximum Gasteiger partial charge on any atom is 0.312 e. The number of pyridine rings is 1. The van der Waals surface area contributed by atoms with Gasteiger partial charge in [0.2, 0.25) is 0 Å². The van der Waals surface area contributed by atoms with Crippen molar-refractivity contribution >= 4 is 28.3 Å². The smallest absolute Gasteiger partial charge is 0.312 e. The average molecular weight is 412 g/mol. The van der Waals surface area contributed by atoms with Gasteiger partial charge >= 0.3 is 5.97 Å². The number of carbonyl (C=O) groups excluding carboxylic acids is 2. The number of methoxy groups -OCH3 is 1. The highest BCUT2D eigenvalue weighted by Crippen LogP contribution is 2.30. The molecule has 2 N–H and O–H groups in total. The minimum atomic E-state index is -0.501. The van der Waals surface area contributed by atoms with Crippen LogP contribution in [0.4, 0.5) is 5.69 Å². The zero-order valence-electron chi connectivity index (χ0n) is 18.5. The van der Waals surface area contributed by atoms with Crippen LogP contribution in [0.1, 0.15) is 55.5 Å². The first-order valence-electron chi connectivity index (χ1n) is 10.7. The summed E-state index contributed by atoms with van der Waals surface area (Å²) < 4.78 is 4.91. The molecular formula is C24H33N3O3. The largest absolute Gasteiger partial charge is 0.469 e. The van der Waals surface area contributed by atoms with E-state index in [4.69, 9.17) is 10.5 Å². The average Bonchev–Trinajstić information content (AvgIpc) is 2.74. The van der Waals surface area contributed by atoms with Gasteiger partial charge in [0.05, 0.1) is 18.0 Å². The van der Waals surface area contributed by atoms with E-state index >= 15 is 0 Å². The second-order valence-electron chi connectivity index (χ2n) is 9.11. The zero-order chi connectivity index (χ0) is 21.9. The topological polar surface area (TPSA) is 85.5 Å². The molecule has 2 aromatic rings. The van der Waals surface area contributed by atoms with Crippen LogP contribution in [0.25, 0.3) is 10.9 Å². The number of piperidine rings is 1. The number of aryl methyl sites for hydroxylation is 1. The molecule has 1 fully saturated rings. The van der Waals surface area contributed by atoms with Crippen molar-refractivity contribution in [1.82, 2.24) is 9.88 Å². The zero-order valence-corrected chi connectivity index (χ0v) is 18.5. The first kappa shape index (κ1) is 22.2. The van der Waals surface area contributed by atoms with Gasteiger partial charge in [0.25, 0.3) is 0 Å². The van der Waals surface area contributed by atoms with Gasteiger partial charge in [0.15, 0.2) is 5.78 Å². The third-order valence-corrected chi connectivity index (χ3v) is 6.28. The van der Waals surface area contributed by atoms with Gasteiger partial charge < -0.3 is 15.4 Å². The Morgan fingerprint density at radius 3 is 2.67 bits per heavy atom. The molecule has 1 aliphatic heterocycles. The molecule has 0 unspecified atom stereocenters. The predicted octanol–water partition coefficient (Wildman–Crippen LogP) is 4.00. The fourth-order valence-electron chi connectivity index (χ4n) is 4.43. The number of nitrogen functional groups attached to an aromatic ring is 1. The van der Waals surface area contributed by atoms with Crippen LogP contribution < -0.4 is 5.73 Å². The minimum Gasteiger partial charge on any atom is -0.469 e. The molecule has 0 spiro atoms. The molecule has 0 radical (unpaired) electrons. The first-order valence-corrected chi connectivity index (χ1v) is 10.7. The SMILES string of the molecule is COC(=O)C(C)(C)CN1CCC(CCC(=O)c2cc(C)c(N)c3cccnc23)CC1. The van der Waals surface area contributed by atoms with Crippen molar-refractivity contribution < 1.29 is 14.3 Å². The summed E-state index contributed by atoms with van der Waals surface area (Å²) in [7, 11) is 1.44. The third kappa shape index (κ3) is 4.81.